The predicted octanol–water partition coefficient (Wildman–Crippen LogP) is 4.85. The lowest BCUT2D eigenvalue weighted by molar-refractivity contribution is 0.305. The summed E-state index contributed by atoms with van der Waals surface area (Å²) >= 11 is 3.58. The molecule has 1 aromatic carbocycles. The van der Waals surface area contributed by atoms with E-state index in [-0.39, 0.29) is 6.04 Å². The van der Waals surface area contributed by atoms with Gasteiger partial charge in [-0.05, 0) is 62.3 Å². The van der Waals surface area contributed by atoms with Gasteiger partial charge in [-0.15, -0.1) is 6.58 Å². The predicted molar refractivity (Wildman–Crippen MR) is 90.3 cm³/mol. The number of rotatable bonds is 10. The Morgan fingerprint density at radius 1 is 1.35 bits per heavy atom. The number of ether oxygens (including phenoxy) is 1. The number of benzene rings is 1. The molecule has 3 heteroatoms. The van der Waals surface area contributed by atoms with Crippen LogP contribution in [0.4, 0.5) is 0 Å². The molecule has 0 aliphatic carbocycles. The van der Waals surface area contributed by atoms with Gasteiger partial charge in [0, 0.05) is 10.5 Å². The third kappa shape index (κ3) is 6.58. The van der Waals surface area contributed by atoms with Crippen molar-refractivity contribution in [1.82, 2.24) is 0 Å². The van der Waals surface area contributed by atoms with Gasteiger partial charge < -0.3 is 10.5 Å². The van der Waals surface area contributed by atoms with Crippen LogP contribution in [0.25, 0.3) is 0 Å². The molecule has 1 atom stereocenters. The summed E-state index contributed by atoms with van der Waals surface area (Å²) in [7, 11) is 0. The van der Waals surface area contributed by atoms with Crippen LogP contribution >= 0.6 is 15.9 Å². The van der Waals surface area contributed by atoms with Gasteiger partial charge in [0.2, 0.25) is 0 Å². The van der Waals surface area contributed by atoms with Crippen LogP contribution in [0.15, 0.2) is 35.3 Å². The summed E-state index contributed by atoms with van der Waals surface area (Å²) in [6, 6.07) is 6.36. The van der Waals surface area contributed by atoms with Gasteiger partial charge in [-0.1, -0.05) is 28.9 Å². The molecular formula is C17H26BrNO. The Hall–Kier alpha value is -0.800. The van der Waals surface area contributed by atoms with Crippen molar-refractivity contribution in [3.63, 3.8) is 0 Å². The van der Waals surface area contributed by atoms with Crippen LogP contribution in [0.1, 0.15) is 44.6 Å². The third-order valence-electron chi connectivity index (χ3n) is 3.34. The lowest BCUT2D eigenvalue weighted by atomic mass is 10.0. The Morgan fingerprint density at radius 3 is 2.85 bits per heavy atom. The van der Waals surface area contributed by atoms with Crippen LogP contribution in [0, 0.1) is 0 Å². The van der Waals surface area contributed by atoms with Gasteiger partial charge in [-0.3, -0.25) is 0 Å². The Kier molecular flexibility index (Phi) is 8.63. The van der Waals surface area contributed by atoms with Gasteiger partial charge >= 0.3 is 0 Å². The highest BCUT2D eigenvalue weighted by Crippen LogP contribution is 2.24. The summed E-state index contributed by atoms with van der Waals surface area (Å²) in [6.07, 6.45) is 8.41. The second-order valence-electron chi connectivity index (χ2n) is 5.11. The molecule has 20 heavy (non-hydrogen) atoms. The van der Waals surface area contributed by atoms with Crippen molar-refractivity contribution < 1.29 is 4.74 Å². The molecule has 0 bridgehead atoms. The van der Waals surface area contributed by atoms with Gasteiger partial charge in [-0.25, -0.2) is 0 Å². The first kappa shape index (κ1) is 17.3. The minimum atomic E-state index is 0.209. The summed E-state index contributed by atoms with van der Waals surface area (Å²) in [5.74, 6) is 0.940. The molecule has 0 saturated carbocycles. The highest BCUT2D eigenvalue weighted by atomic mass is 79.9. The molecule has 0 heterocycles. The molecule has 1 rings (SSSR count). The van der Waals surface area contributed by atoms with Crippen molar-refractivity contribution in [2.24, 2.45) is 5.73 Å². The molecule has 1 aromatic rings. The van der Waals surface area contributed by atoms with E-state index in [2.05, 4.69) is 35.5 Å². The molecular weight excluding hydrogens is 314 g/mol. The molecule has 2 nitrogen and oxygen atoms in total. The summed E-state index contributed by atoms with van der Waals surface area (Å²) in [6.45, 7) is 6.62. The monoisotopic (exact) mass is 339 g/mol. The van der Waals surface area contributed by atoms with E-state index in [1.54, 1.807) is 0 Å². The van der Waals surface area contributed by atoms with Crippen LogP contribution in [0.2, 0.25) is 0 Å². The Bertz CT molecular complexity index is 406. The number of allylic oxidation sites excluding steroid dienone is 1. The molecule has 0 saturated heterocycles. The zero-order valence-electron chi connectivity index (χ0n) is 12.4. The molecule has 0 aliphatic heterocycles. The molecule has 112 valence electrons. The average Bonchev–Trinajstić information content (AvgIpc) is 2.45. The Labute approximate surface area is 131 Å². The maximum atomic E-state index is 6.02. The average molecular weight is 340 g/mol. The van der Waals surface area contributed by atoms with Gasteiger partial charge in [0.05, 0.1) is 6.61 Å². The fourth-order valence-electron chi connectivity index (χ4n) is 1.98. The van der Waals surface area contributed by atoms with Gasteiger partial charge in [-0.2, -0.15) is 0 Å². The number of halogens is 1. The number of unbranched alkanes of at least 4 members (excludes halogenated alkanes) is 3. The maximum Gasteiger partial charge on any atom is 0.119 e. The van der Waals surface area contributed by atoms with E-state index < -0.39 is 0 Å². The van der Waals surface area contributed by atoms with E-state index in [9.17, 15) is 0 Å². The maximum absolute atomic E-state index is 6.02. The number of nitrogens with two attached hydrogens (primary N) is 1. The topological polar surface area (TPSA) is 35.2 Å². The molecule has 0 radical (unpaired) electrons. The van der Waals surface area contributed by atoms with Crippen LogP contribution in [-0.2, 0) is 6.42 Å². The van der Waals surface area contributed by atoms with E-state index in [0.717, 1.165) is 42.5 Å². The summed E-state index contributed by atoms with van der Waals surface area (Å²) in [4.78, 5) is 0. The molecule has 0 amide bonds. The highest BCUT2D eigenvalue weighted by molar-refractivity contribution is 9.10. The van der Waals surface area contributed by atoms with Crippen molar-refractivity contribution in [2.45, 2.75) is 51.5 Å². The SMILES string of the molecule is C=CCCCCCOc1ccc(Br)c(CC(N)CC)c1. The lowest BCUT2D eigenvalue weighted by Crippen LogP contribution is -2.21. The normalized spacial score (nSPS) is 12.2. The van der Waals surface area contributed by atoms with Crippen molar-refractivity contribution in [3.8, 4) is 5.75 Å². The van der Waals surface area contributed by atoms with E-state index >= 15 is 0 Å². The first-order chi connectivity index (χ1) is 9.67. The summed E-state index contributed by atoms with van der Waals surface area (Å²) < 4.78 is 6.92. The molecule has 2 N–H and O–H groups in total. The fraction of sp³-hybridized carbons (Fsp3) is 0.529. The number of hydrogen-bond acceptors (Lipinski definition) is 2. The van der Waals surface area contributed by atoms with Gasteiger partial charge in [0.25, 0.3) is 0 Å². The van der Waals surface area contributed by atoms with Crippen LogP contribution in [0.3, 0.4) is 0 Å². The zero-order chi connectivity index (χ0) is 14.8. The van der Waals surface area contributed by atoms with E-state index in [1.807, 2.05) is 18.2 Å². The minimum Gasteiger partial charge on any atom is -0.494 e. The standard InChI is InChI=1S/C17H26BrNO/c1-3-5-6-7-8-11-20-16-9-10-17(18)14(13-16)12-15(19)4-2/h3,9-10,13,15H,1,4-8,11-12,19H2,2H3. The fourth-order valence-corrected chi connectivity index (χ4v) is 2.39. The third-order valence-corrected chi connectivity index (χ3v) is 4.12. The molecule has 1 unspecified atom stereocenters. The Morgan fingerprint density at radius 2 is 2.15 bits per heavy atom. The van der Waals surface area contributed by atoms with E-state index in [0.29, 0.717) is 0 Å². The van der Waals surface area contributed by atoms with E-state index in [1.165, 1.54) is 18.4 Å². The van der Waals surface area contributed by atoms with Crippen LogP contribution < -0.4 is 10.5 Å². The first-order valence-electron chi connectivity index (χ1n) is 7.45. The van der Waals surface area contributed by atoms with Crippen LogP contribution in [-0.4, -0.2) is 12.6 Å². The largest absolute Gasteiger partial charge is 0.494 e. The molecule has 0 fully saturated rings. The number of hydrogen-bond donors (Lipinski definition) is 1. The quantitative estimate of drug-likeness (QED) is 0.488. The summed E-state index contributed by atoms with van der Waals surface area (Å²) in [5, 5.41) is 0. The van der Waals surface area contributed by atoms with Gasteiger partial charge in [0.1, 0.15) is 5.75 Å². The van der Waals surface area contributed by atoms with Crippen molar-refractivity contribution in [1.29, 1.82) is 0 Å². The second-order valence-corrected chi connectivity index (χ2v) is 5.97. The highest BCUT2D eigenvalue weighted by Gasteiger charge is 2.07. The zero-order valence-corrected chi connectivity index (χ0v) is 14.0. The summed E-state index contributed by atoms with van der Waals surface area (Å²) in [5.41, 5.74) is 7.25. The molecule has 0 aromatic heterocycles. The first-order valence-corrected chi connectivity index (χ1v) is 8.24. The molecule has 0 aliphatic rings. The van der Waals surface area contributed by atoms with Crippen molar-refractivity contribution in [2.75, 3.05) is 6.61 Å². The lowest BCUT2D eigenvalue weighted by Gasteiger charge is -2.13. The van der Waals surface area contributed by atoms with Crippen molar-refractivity contribution in [3.05, 3.63) is 40.9 Å². The Balaban J connectivity index is 2.42. The molecule has 0 spiro atoms. The smallest absolute Gasteiger partial charge is 0.119 e. The van der Waals surface area contributed by atoms with E-state index in [4.69, 9.17) is 10.5 Å². The van der Waals surface area contributed by atoms with Gasteiger partial charge in [0.15, 0.2) is 0 Å². The minimum absolute atomic E-state index is 0.209. The van der Waals surface area contributed by atoms with Crippen molar-refractivity contribution >= 4 is 15.9 Å². The van der Waals surface area contributed by atoms with Crippen LogP contribution in [0.5, 0.6) is 5.75 Å². The second kappa shape index (κ2) is 10.0.